The number of nitrogens with one attached hydrogen (secondary N) is 1. The number of H-pyrrole nitrogens is 1. The molecule has 1 aliphatic heterocycles. The number of hydrogen-bond donors (Lipinski definition) is 2. The second-order valence-electron chi connectivity index (χ2n) is 3.96. The fraction of sp³-hybridized carbons (Fsp3) is 0.167. The number of aliphatic imine (C=N–C) groups is 1. The average Bonchev–Trinajstić information content (AvgIpc) is 3.00. The van der Waals surface area contributed by atoms with Gasteiger partial charge in [-0.1, -0.05) is 12.1 Å². The molecular weight excluding hydrogens is 214 g/mol. The van der Waals surface area contributed by atoms with E-state index in [0.717, 1.165) is 29.9 Å². The van der Waals surface area contributed by atoms with E-state index in [4.69, 9.17) is 5.73 Å². The third-order valence-electron chi connectivity index (χ3n) is 2.87. The summed E-state index contributed by atoms with van der Waals surface area (Å²) in [6.45, 7) is 1.82. The summed E-state index contributed by atoms with van der Waals surface area (Å²) in [7, 11) is 0. The molecule has 1 aromatic carbocycles. The van der Waals surface area contributed by atoms with E-state index in [1.165, 1.54) is 0 Å². The lowest BCUT2D eigenvalue weighted by Crippen LogP contribution is -2.17. The summed E-state index contributed by atoms with van der Waals surface area (Å²) < 4.78 is 0. The van der Waals surface area contributed by atoms with Crippen LogP contribution >= 0.6 is 0 Å². The highest BCUT2D eigenvalue weighted by Gasteiger charge is 2.09. The van der Waals surface area contributed by atoms with Crippen molar-refractivity contribution >= 4 is 17.8 Å². The van der Waals surface area contributed by atoms with Crippen molar-refractivity contribution in [3.63, 3.8) is 0 Å². The van der Waals surface area contributed by atoms with Crippen molar-refractivity contribution in [1.29, 1.82) is 0 Å². The molecule has 1 aromatic heterocycles. The number of aromatic nitrogens is 2. The summed E-state index contributed by atoms with van der Waals surface area (Å²) in [5.41, 5.74) is 8.94. The van der Waals surface area contributed by atoms with Gasteiger partial charge >= 0.3 is 0 Å². The van der Waals surface area contributed by atoms with Gasteiger partial charge in [0.2, 0.25) is 0 Å². The number of benzene rings is 1. The average molecular weight is 227 g/mol. The third kappa shape index (κ3) is 1.75. The van der Waals surface area contributed by atoms with Gasteiger partial charge in [-0.3, -0.25) is 10.1 Å². The van der Waals surface area contributed by atoms with Gasteiger partial charge in [0.25, 0.3) is 0 Å². The first-order valence-corrected chi connectivity index (χ1v) is 5.50. The second-order valence-corrected chi connectivity index (χ2v) is 3.96. The predicted octanol–water partition coefficient (Wildman–Crippen LogP) is 1.51. The van der Waals surface area contributed by atoms with Crippen molar-refractivity contribution in [2.75, 3.05) is 23.7 Å². The van der Waals surface area contributed by atoms with Gasteiger partial charge in [0.05, 0.1) is 19.1 Å². The number of aromatic amines is 1. The van der Waals surface area contributed by atoms with Gasteiger partial charge in [-0.05, 0) is 17.7 Å². The van der Waals surface area contributed by atoms with Crippen LogP contribution in [0.15, 0.2) is 35.5 Å². The predicted molar refractivity (Wildman–Crippen MR) is 69.1 cm³/mol. The molecule has 0 spiro atoms. The standard InChI is InChI=1S/C12H13N5/c13-12-11(7-15-16-12)9-1-3-10(4-2-9)17-6-5-14-8-17/h1-4,7-8H,5-6H2,(H3,13,15,16). The van der Waals surface area contributed by atoms with Gasteiger partial charge < -0.3 is 10.6 Å². The number of anilines is 2. The van der Waals surface area contributed by atoms with Crippen LogP contribution in [0, 0.1) is 0 Å². The lowest BCUT2D eigenvalue weighted by atomic mass is 10.1. The van der Waals surface area contributed by atoms with Crippen LogP contribution in [0.5, 0.6) is 0 Å². The van der Waals surface area contributed by atoms with Crippen LogP contribution in [-0.4, -0.2) is 29.6 Å². The van der Waals surface area contributed by atoms with E-state index in [2.05, 4.69) is 32.2 Å². The Morgan fingerprint density at radius 2 is 2.06 bits per heavy atom. The minimum absolute atomic E-state index is 0.598. The fourth-order valence-corrected chi connectivity index (χ4v) is 1.93. The van der Waals surface area contributed by atoms with E-state index < -0.39 is 0 Å². The highest BCUT2D eigenvalue weighted by atomic mass is 15.2. The number of nitrogen functional groups attached to an aromatic ring is 1. The molecule has 2 aromatic rings. The number of hydrogen-bond acceptors (Lipinski definition) is 4. The Morgan fingerprint density at radius 3 is 2.65 bits per heavy atom. The Morgan fingerprint density at radius 1 is 1.24 bits per heavy atom. The highest BCUT2D eigenvalue weighted by molar-refractivity contribution is 5.82. The molecule has 0 amide bonds. The molecule has 17 heavy (non-hydrogen) atoms. The monoisotopic (exact) mass is 227 g/mol. The number of nitrogens with zero attached hydrogens (tertiary/aromatic N) is 3. The summed E-state index contributed by atoms with van der Waals surface area (Å²) >= 11 is 0. The minimum Gasteiger partial charge on any atom is -0.384 e. The molecule has 5 nitrogen and oxygen atoms in total. The molecule has 0 unspecified atom stereocenters. The van der Waals surface area contributed by atoms with E-state index in [9.17, 15) is 0 Å². The van der Waals surface area contributed by atoms with Gasteiger partial charge in [-0.25, -0.2) is 0 Å². The first-order chi connectivity index (χ1) is 8.34. The van der Waals surface area contributed by atoms with Crippen molar-refractivity contribution in [3.8, 4) is 11.1 Å². The van der Waals surface area contributed by atoms with Crippen LogP contribution < -0.4 is 10.6 Å². The molecule has 86 valence electrons. The second kappa shape index (κ2) is 3.93. The zero-order valence-corrected chi connectivity index (χ0v) is 9.30. The smallest absolute Gasteiger partial charge is 0.126 e. The Balaban J connectivity index is 1.90. The summed E-state index contributed by atoms with van der Waals surface area (Å²) in [6, 6.07) is 8.23. The first kappa shape index (κ1) is 9.89. The van der Waals surface area contributed by atoms with E-state index in [-0.39, 0.29) is 0 Å². The van der Waals surface area contributed by atoms with Crippen molar-refractivity contribution < 1.29 is 0 Å². The Kier molecular flexibility index (Phi) is 2.29. The normalized spacial score (nSPS) is 14.5. The van der Waals surface area contributed by atoms with Crippen LogP contribution in [0.1, 0.15) is 0 Å². The van der Waals surface area contributed by atoms with Gasteiger partial charge in [0.15, 0.2) is 0 Å². The van der Waals surface area contributed by atoms with E-state index in [1.54, 1.807) is 6.20 Å². The molecule has 0 saturated heterocycles. The molecule has 0 saturated carbocycles. The maximum absolute atomic E-state index is 5.78. The van der Waals surface area contributed by atoms with E-state index in [1.807, 2.05) is 18.5 Å². The van der Waals surface area contributed by atoms with Crippen molar-refractivity contribution in [1.82, 2.24) is 10.2 Å². The molecule has 0 bridgehead atoms. The number of nitrogens with two attached hydrogens (primary N) is 1. The first-order valence-electron chi connectivity index (χ1n) is 5.50. The molecule has 0 fully saturated rings. The fourth-order valence-electron chi connectivity index (χ4n) is 1.93. The summed E-state index contributed by atoms with van der Waals surface area (Å²) in [5.74, 6) is 0.598. The molecule has 2 heterocycles. The quantitative estimate of drug-likeness (QED) is 0.817. The lowest BCUT2D eigenvalue weighted by Gasteiger charge is -2.13. The van der Waals surface area contributed by atoms with Gasteiger partial charge in [-0.15, -0.1) is 0 Å². The van der Waals surface area contributed by atoms with E-state index in [0.29, 0.717) is 5.82 Å². The van der Waals surface area contributed by atoms with Crippen molar-refractivity contribution in [2.24, 2.45) is 4.99 Å². The molecule has 5 heteroatoms. The molecule has 0 radical (unpaired) electrons. The Labute approximate surface area is 99.0 Å². The molecule has 3 N–H and O–H groups in total. The van der Waals surface area contributed by atoms with Gasteiger partial charge in [-0.2, -0.15) is 5.10 Å². The molecule has 3 rings (SSSR count). The maximum atomic E-state index is 5.78. The summed E-state index contributed by atoms with van der Waals surface area (Å²) in [6.07, 6.45) is 3.61. The molecule has 0 atom stereocenters. The molecule has 0 aliphatic carbocycles. The third-order valence-corrected chi connectivity index (χ3v) is 2.87. The lowest BCUT2D eigenvalue weighted by molar-refractivity contribution is 1.02. The highest BCUT2D eigenvalue weighted by Crippen LogP contribution is 2.26. The SMILES string of the molecule is Nc1[nH]ncc1-c1ccc(N2C=NCC2)cc1. The minimum atomic E-state index is 0.598. The summed E-state index contributed by atoms with van der Waals surface area (Å²) in [4.78, 5) is 6.32. The Bertz CT molecular complexity index is 540. The van der Waals surface area contributed by atoms with Crippen LogP contribution in [0.3, 0.4) is 0 Å². The zero-order chi connectivity index (χ0) is 11.7. The van der Waals surface area contributed by atoms with Gasteiger partial charge in [0.1, 0.15) is 5.82 Å². The van der Waals surface area contributed by atoms with Crippen LogP contribution in [0.4, 0.5) is 11.5 Å². The summed E-state index contributed by atoms with van der Waals surface area (Å²) in [5, 5.41) is 6.65. The maximum Gasteiger partial charge on any atom is 0.126 e. The topological polar surface area (TPSA) is 70.3 Å². The van der Waals surface area contributed by atoms with Gasteiger partial charge in [0, 0.05) is 17.8 Å². The van der Waals surface area contributed by atoms with Crippen LogP contribution in [-0.2, 0) is 0 Å². The number of rotatable bonds is 2. The Hall–Kier alpha value is -2.30. The largest absolute Gasteiger partial charge is 0.384 e. The van der Waals surface area contributed by atoms with Crippen LogP contribution in [0.2, 0.25) is 0 Å². The molecule has 1 aliphatic rings. The van der Waals surface area contributed by atoms with Crippen molar-refractivity contribution in [3.05, 3.63) is 30.5 Å². The van der Waals surface area contributed by atoms with Crippen LogP contribution in [0.25, 0.3) is 11.1 Å². The molecular formula is C12H13N5. The zero-order valence-electron chi connectivity index (χ0n) is 9.30. The van der Waals surface area contributed by atoms with E-state index >= 15 is 0 Å². The van der Waals surface area contributed by atoms with Crippen molar-refractivity contribution in [2.45, 2.75) is 0 Å².